The quantitative estimate of drug-likeness (QED) is 0.149. The highest BCUT2D eigenvalue weighted by molar-refractivity contribution is 7.66. The molecule has 2 unspecified atom stereocenters. The molecule has 1 aromatic heterocycles. The molecular weight excluding hydrogens is 517 g/mol. The predicted octanol–water partition coefficient (Wildman–Crippen LogP) is -3.66. The summed E-state index contributed by atoms with van der Waals surface area (Å²) in [5.74, 6) is 0.538. The van der Waals surface area contributed by atoms with Gasteiger partial charge in [0, 0.05) is 12.4 Å². The van der Waals surface area contributed by atoms with Crippen LogP contribution in [-0.4, -0.2) is 69.3 Å². The summed E-state index contributed by atoms with van der Waals surface area (Å²) in [6.07, 6.45) is -1.41. The zero-order valence-electron chi connectivity index (χ0n) is 15.9. The molecule has 0 bridgehead atoms. The number of aromatic nitrogens is 2. The van der Waals surface area contributed by atoms with Crippen molar-refractivity contribution in [2.24, 2.45) is 5.10 Å². The van der Waals surface area contributed by atoms with Crippen LogP contribution < -0.4 is 21.7 Å². The summed E-state index contributed by atoms with van der Waals surface area (Å²) in [6.45, 7) is -0.943. The first-order valence-corrected chi connectivity index (χ1v) is 13.2. The average Bonchev–Trinajstić information content (AvgIpc) is 3.35. The molecule has 0 spiro atoms. The van der Waals surface area contributed by atoms with E-state index in [0.717, 1.165) is 0 Å². The third-order valence-electron chi connectivity index (χ3n) is 4.37. The highest BCUT2D eigenvalue weighted by Gasteiger charge is 2.47. The van der Waals surface area contributed by atoms with Gasteiger partial charge in [0.1, 0.15) is 18.3 Å². The number of rotatable bonds is 8. The first kappa shape index (κ1) is 24.4. The number of hydrogen-bond donors (Lipinski definition) is 8. The maximum Gasteiger partial charge on any atom is 0.490 e. The van der Waals surface area contributed by atoms with Gasteiger partial charge in [-0.05, 0) is 0 Å². The van der Waals surface area contributed by atoms with E-state index in [2.05, 4.69) is 34.1 Å². The number of ether oxygens (including phenoxy) is 1. The standard InChI is InChI=1S/C11H17N6O13P3/c18-7-5(3-27-32(23,24)30-33(25,26)29-31(20,21)22)28-11(8(7)19)16-4-13-6-9-12-1-2-17(9)15-14-10(6)16/h1-2,4-5,7-8,11-12,15,18-19H,3H2,(H,23,24)(H,25,26)(H2,20,21,22)/t5-,7-,8-,11-/m1/s1. The molecule has 0 radical (unpaired) electrons. The summed E-state index contributed by atoms with van der Waals surface area (Å²) in [6, 6.07) is 0. The number of nitrogens with one attached hydrogen (secondary N) is 2. The molecule has 3 aliphatic heterocycles. The van der Waals surface area contributed by atoms with E-state index in [-0.39, 0.29) is 5.49 Å². The topological polar surface area (TPSA) is 267 Å². The van der Waals surface area contributed by atoms with Gasteiger partial charge in [-0.15, -0.1) is 5.10 Å². The van der Waals surface area contributed by atoms with Crippen molar-refractivity contribution in [3.63, 3.8) is 0 Å². The van der Waals surface area contributed by atoms with E-state index in [1.165, 1.54) is 15.9 Å². The van der Waals surface area contributed by atoms with Gasteiger partial charge in [-0.1, -0.05) is 0 Å². The number of aliphatic hydroxyl groups excluding tert-OH is 2. The summed E-state index contributed by atoms with van der Waals surface area (Å²) in [7, 11) is -16.7. The van der Waals surface area contributed by atoms with E-state index >= 15 is 0 Å². The van der Waals surface area contributed by atoms with Crippen LogP contribution in [0, 0.1) is 0 Å². The van der Waals surface area contributed by atoms with Gasteiger partial charge in [-0.3, -0.25) is 9.09 Å². The summed E-state index contributed by atoms with van der Waals surface area (Å²) in [4.78, 5) is 39.9. The first-order chi connectivity index (χ1) is 15.3. The molecule has 0 amide bonds. The molecule has 0 aliphatic carbocycles. The van der Waals surface area contributed by atoms with Crippen LogP contribution >= 0.6 is 23.5 Å². The van der Waals surface area contributed by atoms with Crippen LogP contribution in [0.25, 0.3) is 5.82 Å². The van der Waals surface area contributed by atoms with Crippen molar-refractivity contribution >= 4 is 29.3 Å². The molecule has 6 atom stereocenters. The Morgan fingerprint density at radius 2 is 1.82 bits per heavy atom. The van der Waals surface area contributed by atoms with Crippen LogP contribution in [0.4, 0.5) is 0 Å². The fraction of sp³-hybridized carbons (Fsp3) is 0.455. The molecule has 22 heteroatoms. The van der Waals surface area contributed by atoms with Gasteiger partial charge in [-0.25, -0.2) is 29.2 Å². The average molecular weight is 534 g/mol. The highest BCUT2D eigenvalue weighted by atomic mass is 31.3. The van der Waals surface area contributed by atoms with Crippen LogP contribution in [0.15, 0.2) is 23.8 Å². The molecule has 1 saturated heterocycles. The first-order valence-electron chi connectivity index (χ1n) is 8.69. The Labute approximate surface area is 182 Å². The second-order valence-corrected chi connectivity index (χ2v) is 11.1. The van der Waals surface area contributed by atoms with E-state index in [4.69, 9.17) is 19.4 Å². The lowest BCUT2D eigenvalue weighted by Gasteiger charge is -2.20. The second-order valence-electron chi connectivity index (χ2n) is 6.65. The third-order valence-corrected chi connectivity index (χ3v) is 8.17. The molecule has 0 saturated carbocycles. The number of hydrogen-bond acceptors (Lipinski definition) is 14. The van der Waals surface area contributed by atoms with E-state index in [1.807, 2.05) is 0 Å². The maximum absolute atomic E-state index is 11.9. The number of hydrazine groups is 1. The molecule has 0 aromatic carbocycles. The zero-order valence-corrected chi connectivity index (χ0v) is 18.6. The Bertz CT molecular complexity index is 1230. The zero-order chi connectivity index (χ0) is 24.2. The summed E-state index contributed by atoms with van der Waals surface area (Å²) in [5, 5.41) is 29.6. The summed E-state index contributed by atoms with van der Waals surface area (Å²) in [5.41, 5.74) is 2.91. The molecule has 4 heterocycles. The third kappa shape index (κ3) is 5.21. The predicted molar refractivity (Wildman–Crippen MR) is 99.4 cm³/mol. The number of phosphoric acid groups is 3. The van der Waals surface area contributed by atoms with Crippen molar-refractivity contribution in [1.29, 1.82) is 0 Å². The number of nitrogens with zero attached hydrogens (tertiary/aromatic N) is 4. The molecular formula is C11H17N6O13P3. The molecule has 3 aliphatic rings. The van der Waals surface area contributed by atoms with Crippen molar-refractivity contribution in [2.75, 3.05) is 6.61 Å². The highest BCUT2D eigenvalue weighted by Crippen LogP contribution is 2.66. The van der Waals surface area contributed by atoms with Crippen molar-refractivity contribution in [1.82, 2.24) is 25.4 Å². The minimum atomic E-state index is -5.70. The lowest BCUT2D eigenvalue weighted by molar-refractivity contribution is -0.0539. The van der Waals surface area contributed by atoms with Gasteiger partial charge in [0.2, 0.25) is 0 Å². The minimum absolute atomic E-state index is 0.224. The Balaban J connectivity index is 1.45. The van der Waals surface area contributed by atoms with Gasteiger partial charge in [0.05, 0.1) is 12.9 Å². The van der Waals surface area contributed by atoms with Crippen LogP contribution in [0.2, 0.25) is 0 Å². The van der Waals surface area contributed by atoms with Gasteiger partial charge in [0.25, 0.3) is 0 Å². The van der Waals surface area contributed by atoms with Crippen LogP contribution in [-0.2, 0) is 31.6 Å². The number of phosphoric ester groups is 1. The number of imidazole rings is 1. The van der Waals surface area contributed by atoms with E-state index in [0.29, 0.717) is 11.2 Å². The summed E-state index contributed by atoms with van der Waals surface area (Å²) < 4.78 is 52.3. The normalized spacial score (nSPS) is 30.0. The van der Waals surface area contributed by atoms with Crippen molar-refractivity contribution < 1.29 is 61.4 Å². The van der Waals surface area contributed by atoms with Gasteiger partial charge in [-0.2, -0.15) is 8.62 Å². The smallest absolute Gasteiger partial charge is 0.387 e. The van der Waals surface area contributed by atoms with Gasteiger partial charge in [0.15, 0.2) is 22.9 Å². The number of fused-ring (bicyclic) bond motifs is 2. The molecule has 8 N–H and O–H groups in total. The Morgan fingerprint density at radius 3 is 2.52 bits per heavy atom. The summed E-state index contributed by atoms with van der Waals surface area (Å²) >= 11 is 0. The van der Waals surface area contributed by atoms with E-state index in [9.17, 15) is 28.8 Å². The molecule has 1 aromatic rings. The van der Waals surface area contributed by atoms with Crippen LogP contribution in [0.3, 0.4) is 0 Å². The van der Waals surface area contributed by atoms with E-state index in [1.54, 1.807) is 12.4 Å². The SMILES string of the molecule is O=P(O)(O)OP(=O)(O)OP(=O)(O)OC[C@H]1O[C@@H](n2cnc3c2=NNN2C=CNC=32)[C@H](O)[C@@H]1O. The Kier molecular flexibility index (Phi) is 6.30. The van der Waals surface area contributed by atoms with Crippen molar-refractivity contribution in [3.8, 4) is 0 Å². The Morgan fingerprint density at radius 1 is 1.09 bits per heavy atom. The van der Waals surface area contributed by atoms with Crippen molar-refractivity contribution in [2.45, 2.75) is 24.5 Å². The number of aliphatic hydroxyl groups is 2. The fourth-order valence-corrected chi connectivity index (χ4v) is 6.12. The van der Waals surface area contributed by atoms with Crippen LogP contribution in [0.1, 0.15) is 6.23 Å². The van der Waals surface area contributed by atoms with E-state index < -0.39 is 54.6 Å². The minimum Gasteiger partial charge on any atom is -0.387 e. The second kappa shape index (κ2) is 8.51. The maximum atomic E-state index is 11.9. The molecule has 19 nitrogen and oxygen atoms in total. The largest absolute Gasteiger partial charge is 0.490 e. The van der Waals surface area contributed by atoms with Gasteiger partial charge >= 0.3 is 23.5 Å². The van der Waals surface area contributed by atoms with Gasteiger partial charge < -0.3 is 39.8 Å². The molecule has 33 heavy (non-hydrogen) atoms. The molecule has 184 valence electrons. The monoisotopic (exact) mass is 534 g/mol. The van der Waals surface area contributed by atoms with Crippen molar-refractivity contribution in [3.05, 3.63) is 29.6 Å². The lowest BCUT2D eigenvalue weighted by Crippen LogP contribution is -2.48. The fourth-order valence-electron chi connectivity index (χ4n) is 3.09. The Hall–Kier alpha value is -1.69. The molecule has 4 rings (SSSR count). The van der Waals surface area contributed by atoms with Crippen LogP contribution in [0.5, 0.6) is 0 Å². The lowest BCUT2D eigenvalue weighted by atomic mass is 10.1. The molecule has 1 fully saturated rings.